The Bertz CT molecular complexity index is 627. The lowest BCUT2D eigenvalue weighted by atomic mass is 9.92. The summed E-state index contributed by atoms with van der Waals surface area (Å²) in [5.74, 6) is -0.514. The highest BCUT2D eigenvalue weighted by molar-refractivity contribution is 5.40. The Morgan fingerprint density at radius 3 is 2.24 bits per heavy atom. The summed E-state index contributed by atoms with van der Waals surface area (Å²) >= 11 is 0. The van der Waals surface area contributed by atoms with E-state index in [2.05, 4.69) is 5.32 Å². The van der Waals surface area contributed by atoms with Crippen molar-refractivity contribution in [2.45, 2.75) is 33.7 Å². The molecule has 0 aliphatic rings. The molecule has 0 aromatic heterocycles. The van der Waals surface area contributed by atoms with Crippen LogP contribution in [0.15, 0.2) is 30.3 Å². The molecule has 0 bridgehead atoms. The molecule has 2 rings (SSSR count). The van der Waals surface area contributed by atoms with Crippen molar-refractivity contribution in [2.24, 2.45) is 0 Å². The third-order valence-corrected chi connectivity index (χ3v) is 3.71. The lowest BCUT2D eigenvalue weighted by Crippen LogP contribution is -2.24. The van der Waals surface area contributed by atoms with Gasteiger partial charge >= 0.3 is 0 Å². The third-order valence-electron chi connectivity index (χ3n) is 3.71. The van der Waals surface area contributed by atoms with Crippen LogP contribution in [0.5, 0.6) is 0 Å². The first-order valence-corrected chi connectivity index (χ1v) is 7.20. The van der Waals surface area contributed by atoms with Crippen molar-refractivity contribution >= 4 is 0 Å². The van der Waals surface area contributed by atoms with Gasteiger partial charge in [0.05, 0.1) is 6.04 Å². The predicted molar refractivity (Wildman–Crippen MR) is 82.5 cm³/mol. The molecule has 0 heterocycles. The smallest absolute Gasteiger partial charge is 0.128 e. The van der Waals surface area contributed by atoms with E-state index in [9.17, 15) is 8.78 Å². The van der Waals surface area contributed by atoms with Crippen LogP contribution in [-0.2, 0) is 0 Å². The van der Waals surface area contributed by atoms with E-state index in [1.165, 1.54) is 12.1 Å². The van der Waals surface area contributed by atoms with Crippen LogP contribution in [0.1, 0.15) is 40.8 Å². The maximum atomic E-state index is 14.4. The second-order valence-corrected chi connectivity index (χ2v) is 5.48. The quantitative estimate of drug-likeness (QED) is 0.868. The number of aryl methyl sites for hydroxylation is 3. The Morgan fingerprint density at radius 2 is 1.67 bits per heavy atom. The maximum Gasteiger partial charge on any atom is 0.128 e. The van der Waals surface area contributed by atoms with Gasteiger partial charge in [-0.15, -0.1) is 0 Å². The first-order chi connectivity index (χ1) is 9.93. The number of hydrogen-bond donors (Lipinski definition) is 1. The van der Waals surface area contributed by atoms with E-state index in [1.807, 2.05) is 32.9 Å². The highest BCUT2D eigenvalue weighted by atomic mass is 19.1. The van der Waals surface area contributed by atoms with E-state index in [0.29, 0.717) is 17.7 Å². The average molecular weight is 289 g/mol. The molecule has 0 spiro atoms. The fourth-order valence-electron chi connectivity index (χ4n) is 2.67. The Kier molecular flexibility index (Phi) is 4.73. The molecule has 3 heteroatoms. The van der Waals surface area contributed by atoms with E-state index >= 15 is 0 Å². The summed E-state index contributed by atoms with van der Waals surface area (Å²) in [6.07, 6.45) is 0. The van der Waals surface area contributed by atoms with Gasteiger partial charge in [0.15, 0.2) is 0 Å². The monoisotopic (exact) mass is 289 g/mol. The van der Waals surface area contributed by atoms with Crippen LogP contribution < -0.4 is 5.32 Å². The molecule has 2 aromatic carbocycles. The van der Waals surface area contributed by atoms with Crippen LogP contribution in [0.3, 0.4) is 0 Å². The molecule has 21 heavy (non-hydrogen) atoms. The normalized spacial score (nSPS) is 12.5. The van der Waals surface area contributed by atoms with Crippen molar-refractivity contribution in [2.75, 3.05) is 6.54 Å². The molecule has 0 saturated carbocycles. The topological polar surface area (TPSA) is 12.0 Å². The molecule has 0 fully saturated rings. The number of nitrogens with one attached hydrogen (secondary N) is 1. The molecule has 0 aliphatic carbocycles. The lowest BCUT2D eigenvalue weighted by Gasteiger charge is -2.22. The first-order valence-electron chi connectivity index (χ1n) is 7.20. The summed E-state index contributed by atoms with van der Waals surface area (Å²) in [5.41, 5.74) is 3.69. The molecule has 0 aliphatic heterocycles. The van der Waals surface area contributed by atoms with Crippen molar-refractivity contribution in [1.82, 2.24) is 5.32 Å². The van der Waals surface area contributed by atoms with Crippen LogP contribution >= 0.6 is 0 Å². The van der Waals surface area contributed by atoms with E-state index in [4.69, 9.17) is 0 Å². The minimum atomic E-state index is -0.342. The van der Waals surface area contributed by atoms with Crippen molar-refractivity contribution in [3.8, 4) is 0 Å². The highest BCUT2D eigenvalue weighted by Crippen LogP contribution is 2.29. The minimum absolute atomic E-state index is 0.251. The molecular weight excluding hydrogens is 268 g/mol. The molecule has 1 nitrogen and oxygen atoms in total. The summed E-state index contributed by atoms with van der Waals surface area (Å²) in [4.78, 5) is 0. The summed E-state index contributed by atoms with van der Waals surface area (Å²) < 4.78 is 28.3. The zero-order valence-corrected chi connectivity index (χ0v) is 12.9. The van der Waals surface area contributed by atoms with Gasteiger partial charge in [0, 0.05) is 5.56 Å². The van der Waals surface area contributed by atoms with Gasteiger partial charge in [-0.05, 0) is 61.7 Å². The zero-order chi connectivity index (χ0) is 15.6. The fraction of sp³-hybridized carbons (Fsp3) is 0.333. The van der Waals surface area contributed by atoms with Gasteiger partial charge in [-0.3, -0.25) is 0 Å². The number of hydrogen-bond acceptors (Lipinski definition) is 1. The fourth-order valence-corrected chi connectivity index (χ4v) is 2.67. The van der Waals surface area contributed by atoms with Crippen molar-refractivity contribution < 1.29 is 8.78 Å². The Labute approximate surface area is 125 Å². The molecular formula is C18H21F2N. The molecule has 2 aromatic rings. The minimum Gasteiger partial charge on any atom is -0.306 e. The second-order valence-electron chi connectivity index (χ2n) is 5.48. The summed E-state index contributed by atoms with van der Waals surface area (Å²) in [5, 5.41) is 3.26. The molecule has 0 radical (unpaired) electrons. The summed E-state index contributed by atoms with van der Waals surface area (Å²) in [7, 11) is 0. The van der Waals surface area contributed by atoms with E-state index in [1.54, 1.807) is 13.0 Å². The van der Waals surface area contributed by atoms with E-state index in [-0.39, 0.29) is 17.7 Å². The van der Waals surface area contributed by atoms with Gasteiger partial charge in [0.1, 0.15) is 11.6 Å². The number of halogens is 2. The number of benzene rings is 2. The van der Waals surface area contributed by atoms with Crippen LogP contribution in [0.2, 0.25) is 0 Å². The maximum absolute atomic E-state index is 14.4. The standard InChI is InChI=1S/C18H21F2N/c1-5-21-18(14-7-6-12(3)15(19)10-14)17-13(4)8-11(2)9-16(17)20/h6-10,18,21H,5H2,1-4H3. The SMILES string of the molecule is CCNC(c1ccc(C)c(F)c1)c1c(C)cc(C)cc1F. The van der Waals surface area contributed by atoms with Crippen molar-refractivity contribution in [3.05, 3.63) is 69.8 Å². The predicted octanol–water partition coefficient (Wildman–Crippen LogP) is 4.59. The highest BCUT2D eigenvalue weighted by Gasteiger charge is 2.20. The van der Waals surface area contributed by atoms with Crippen LogP contribution in [0.4, 0.5) is 8.78 Å². The second kappa shape index (κ2) is 6.35. The van der Waals surface area contributed by atoms with Gasteiger partial charge < -0.3 is 5.32 Å². The third kappa shape index (κ3) is 3.30. The molecule has 1 N–H and O–H groups in total. The Hall–Kier alpha value is -1.74. The molecule has 0 amide bonds. The van der Waals surface area contributed by atoms with Crippen molar-refractivity contribution in [1.29, 1.82) is 0 Å². The van der Waals surface area contributed by atoms with Crippen LogP contribution in [0.25, 0.3) is 0 Å². The summed E-state index contributed by atoms with van der Waals surface area (Å²) in [6.45, 7) is 8.11. The van der Waals surface area contributed by atoms with E-state index in [0.717, 1.165) is 16.7 Å². The van der Waals surface area contributed by atoms with Crippen molar-refractivity contribution in [3.63, 3.8) is 0 Å². The van der Waals surface area contributed by atoms with Gasteiger partial charge in [-0.2, -0.15) is 0 Å². The van der Waals surface area contributed by atoms with E-state index < -0.39 is 0 Å². The first kappa shape index (κ1) is 15.6. The molecule has 0 saturated heterocycles. The summed E-state index contributed by atoms with van der Waals surface area (Å²) in [6, 6.07) is 8.21. The van der Waals surface area contributed by atoms with Crippen LogP contribution in [-0.4, -0.2) is 6.54 Å². The van der Waals surface area contributed by atoms with Gasteiger partial charge in [0.25, 0.3) is 0 Å². The Morgan fingerprint density at radius 1 is 0.952 bits per heavy atom. The molecule has 1 unspecified atom stereocenters. The van der Waals surface area contributed by atoms with Gasteiger partial charge in [-0.1, -0.05) is 25.1 Å². The molecule has 112 valence electrons. The van der Waals surface area contributed by atoms with Crippen LogP contribution in [0, 0.1) is 32.4 Å². The number of rotatable bonds is 4. The van der Waals surface area contributed by atoms with Gasteiger partial charge in [0.2, 0.25) is 0 Å². The average Bonchev–Trinajstić information content (AvgIpc) is 2.40. The molecule has 1 atom stereocenters. The Balaban J connectivity index is 2.55. The largest absolute Gasteiger partial charge is 0.306 e. The zero-order valence-electron chi connectivity index (χ0n) is 12.9. The lowest BCUT2D eigenvalue weighted by molar-refractivity contribution is 0.550. The van der Waals surface area contributed by atoms with Gasteiger partial charge in [-0.25, -0.2) is 8.78 Å².